The van der Waals surface area contributed by atoms with Crippen molar-refractivity contribution in [3.05, 3.63) is 66.0 Å². The topological polar surface area (TPSA) is 61.1 Å². The van der Waals surface area contributed by atoms with Gasteiger partial charge >= 0.3 is 0 Å². The molecular weight excluding hydrogens is 276 g/mol. The molecular formula is C17H14N4O. The van der Waals surface area contributed by atoms with Crippen LogP contribution in [0.2, 0.25) is 0 Å². The van der Waals surface area contributed by atoms with E-state index in [-0.39, 0.29) is 5.76 Å². The third-order valence-corrected chi connectivity index (χ3v) is 3.72. The highest BCUT2D eigenvalue weighted by atomic mass is 16.3. The molecule has 1 aromatic heterocycles. The smallest absolute Gasteiger partial charge is 0.138 e. The van der Waals surface area contributed by atoms with Gasteiger partial charge in [-0.05, 0) is 24.3 Å². The molecule has 0 atom stereocenters. The van der Waals surface area contributed by atoms with E-state index in [0.29, 0.717) is 11.4 Å². The van der Waals surface area contributed by atoms with Crippen molar-refractivity contribution >= 4 is 23.1 Å². The molecule has 2 aromatic rings. The van der Waals surface area contributed by atoms with Gasteiger partial charge in [-0.3, -0.25) is 9.98 Å². The summed E-state index contributed by atoms with van der Waals surface area (Å²) in [5.74, 6) is 1.78. The molecule has 1 aromatic carbocycles. The van der Waals surface area contributed by atoms with Crippen molar-refractivity contribution < 1.29 is 5.11 Å². The minimum atomic E-state index is 0.150. The lowest BCUT2D eigenvalue weighted by Crippen LogP contribution is -2.36. The fourth-order valence-corrected chi connectivity index (χ4v) is 2.67. The number of pyridine rings is 1. The molecule has 1 N–H and O–H groups in total. The molecule has 4 rings (SSSR count). The number of hydrogen-bond donors (Lipinski definition) is 1. The molecule has 0 radical (unpaired) electrons. The van der Waals surface area contributed by atoms with Crippen LogP contribution >= 0.6 is 0 Å². The van der Waals surface area contributed by atoms with Crippen LogP contribution in [0.15, 0.2) is 64.9 Å². The van der Waals surface area contributed by atoms with Gasteiger partial charge in [0.15, 0.2) is 0 Å². The number of hydrogen-bond acceptors (Lipinski definition) is 5. The highest BCUT2D eigenvalue weighted by Crippen LogP contribution is 2.29. The number of nitrogens with zero attached hydrogens (tertiary/aromatic N) is 4. The average molecular weight is 290 g/mol. The van der Waals surface area contributed by atoms with Gasteiger partial charge in [0.25, 0.3) is 0 Å². The number of aromatic nitrogens is 1. The number of benzene rings is 1. The number of fused-ring (bicyclic) bond motifs is 3. The standard InChI is InChI=1S/C17H14N4O/c22-15(12-4-3-7-18-11-12)10-16-20-14-6-2-1-5-13(14)17-19-8-9-21(16)17/h1-7,10-11,22H,8-9H2/b15-10-. The average Bonchev–Trinajstić information content (AvgIpc) is 3.06. The zero-order chi connectivity index (χ0) is 14.9. The third-order valence-electron chi connectivity index (χ3n) is 3.72. The Morgan fingerprint density at radius 2 is 2.09 bits per heavy atom. The van der Waals surface area contributed by atoms with Crippen LogP contribution in [-0.2, 0) is 0 Å². The lowest BCUT2D eigenvalue weighted by atomic mass is 10.1. The molecule has 0 saturated carbocycles. The summed E-state index contributed by atoms with van der Waals surface area (Å²) in [6.07, 6.45) is 4.98. The van der Waals surface area contributed by atoms with E-state index in [1.54, 1.807) is 24.5 Å². The second kappa shape index (κ2) is 5.11. The highest BCUT2D eigenvalue weighted by molar-refractivity contribution is 6.19. The molecule has 0 spiro atoms. The zero-order valence-corrected chi connectivity index (χ0v) is 11.8. The SMILES string of the molecule is O/C(=C\C1=Nc2ccccc2C2=NCCN12)c1cccnc1. The first kappa shape index (κ1) is 12.8. The predicted molar refractivity (Wildman–Crippen MR) is 86.5 cm³/mol. The van der Waals surface area contributed by atoms with Crippen molar-refractivity contribution in [1.82, 2.24) is 9.88 Å². The monoisotopic (exact) mass is 290 g/mol. The zero-order valence-electron chi connectivity index (χ0n) is 11.8. The number of aliphatic imine (C=N–C) groups is 2. The second-order valence-corrected chi connectivity index (χ2v) is 5.12. The van der Waals surface area contributed by atoms with Crippen LogP contribution in [0.25, 0.3) is 5.76 Å². The predicted octanol–water partition coefficient (Wildman–Crippen LogP) is 2.79. The van der Waals surface area contributed by atoms with E-state index in [4.69, 9.17) is 0 Å². The minimum Gasteiger partial charge on any atom is -0.507 e. The largest absolute Gasteiger partial charge is 0.507 e. The molecule has 0 fully saturated rings. The summed E-state index contributed by atoms with van der Waals surface area (Å²) in [6, 6.07) is 11.5. The van der Waals surface area contributed by atoms with Crippen molar-refractivity contribution in [2.24, 2.45) is 9.98 Å². The molecule has 2 aliphatic rings. The van der Waals surface area contributed by atoms with E-state index in [2.05, 4.69) is 15.0 Å². The number of amidine groups is 2. The van der Waals surface area contributed by atoms with Gasteiger partial charge in [-0.25, -0.2) is 4.99 Å². The minimum absolute atomic E-state index is 0.150. The molecule has 0 amide bonds. The Kier molecular flexibility index (Phi) is 2.96. The Labute approximate surface area is 128 Å². The van der Waals surface area contributed by atoms with Crippen LogP contribution in [0, 0.1) is 0 Å². The lowest BCUT2D eigenvalue weighted by Gasteiger charge is -2.25. The number of aliphatic hydroxyl groups excluding tert-OH is 1. The van der Waals surface area contributed by atoms with Crippen LogP contribution in [0.3, 0.4) is 0 Å². The first-order valence-electron chi connectivity index (χ1n) is 7.14. The van der Waals surface area contributed by atoms with E-state index in [1.807, 2.05) is 35.2 Å². The molecule has 0 bridgehead atoms. The maximum absolute atomic E-state index is 10.3. The van der Waals surface area contributed by atoms with Crippen molar-refractivity contribution in [1.29, 1.82) is 0 Å². The summed E-state index contributed by atoms with van der Waals surface area (Å²) in [5.41, 5.74) is 2.59. The van der Waals surface area contributed by atoms with Gasteiger partial charge in [-0.15, -0.1) is 0 Å². The summed E-state index contributed by atoms with van der Waals surface area (Å²) in [5, 5.41) is 10.3. The summed E-state index contributed by atoms with van der Waals surface area (Å²) in [7, 11) is 0. The third kappa shape index (κ3) is 2.07. The molecule has 22 heavy (non-hydrogen) atoms. The molecule has 0 saturated heterocycles. The van der Waals surface area contributed by atoms with Gasteiger partial charge in [0.1, 0.15) is 17.4 Å². The lowest BCUT2D eigenvalue weighted by molar-refractivity contribution is 0.511. The van der Waals surface area contributed by atoms with Crippen LogP contribution in [0.1, 0.15) is 11.1 Å². The molecule has 5 nitrogen and oxygen atoms in total. The number of para-hydroxylation sites is 1. The normalized spacial score (nSPS) is 16.7. The molecule has 5 heteroatoms. The van der Waals surface area contributed by atoms with E-state index >= 15 is 0 Å². The Morgan fingerprint density at radius 3 is 2.95 bits per heavy atom. The van der Waals surface area contributed by atoms with Crippen molar-refractivity contribution in [3.63, 3.8) is 0 Å². The quantitative estimate of drug-likeness (QED) is 0.865. The maximum atomic E-state index is 10.3. The fraction of sp³-hybridized carbons (Fsp3) is 0.118. The summed E-state index contributed by atoms with van der Waals surface area (Å²) < 4.78 is 0. The molecule has 2 aliphatic heterocycles. The Bertz CT molecular complexity index is 808. The first-order chi connectivity index (χ1) is 10.8. The van der Waals surface area contributed by atoms with Gasteiger partial charge in [0, 0.05) is 36.1 Å². The van der Waals surface area contributed by atoms with E-state index in [1.165, 1.54) is 0 Å². The number of aliphatic hydroxyl groups is 1. The summed E-state index contributed by atoms with van der Waals surface area (Å²) in [4.78, 5) is 15.3. The van der Waals surface area contributed by atoms with Crippen LogP contribution in [0.4, 0.5) is 5.69 Å². The van der Waals surface area contributed by atoms with Crippen LogP contribution in [-0.4, -0.2) is 39.8 Å². The van der Waals surface area contributed by atoms with Crippen molar-refractivity contribution in [2.45, 2.75) is 0 Å². The summed E-state index contributed by atoms with van der Waals surface area (Å²) in [6.45, 7) is 1.52. The second-order valence-electron chi connectivity index (χ2n) is 5.12. The molecule has 0 unspecified atom stereocenters. The fourth-order valence-electron chi connectivity index (χ4n) is 2.67. The maximum Gasteiger partial charge on any atom is 0.138 e. The van der Waals surface area contributed by atoms with Crippen LogP contribution < -0.4 is 0 Å². The van der Waals surface area contributed by atoms with E-state index in [0.717, 1.165) is 30.2 Å². The Balaban J connectivity index is 1.79. The molecule has 0 aliphatic carbocycles. The van der Waals surface area contributed by atoms with Gasteiger partial charge in [0.2, 0.25) is 0 Å². The van der Waals surface area contributed by atoms with Gasteiger partial charge < -0.3 is 10.0 Å². The summed E-state index contributed by atoms with van der Waals surface area (Å²) >= 11 is 0. The van der Waals surface area contributed by atoms with Crippen molar-refractivity contribution in [2.75, 3.05) is 13.1 Å². The Morgan fingerprint density at radius 1 is 1.18 bits per heavy atom. The first-order valence-corrected chi connectivity index (χ1v) is 7.14. The van der Waals surface area contributed by atoms with E-state index in [9.17, 15) is 5.11 Å². The Hall–Kier alpha value is -2.95. The van der Waals surface area contributed by atoms with Gasteiger partial charge in [0.05, 0.1) is 12.2 Å². The van der Waals surface area contributed by atoms with E-state index < -0.39 is 0 Å². The number of rotatable bonds is 2. The molecule has 108 valence electrons. The van der Waals surface area contributed by atoms with Gasteiger partial charge in [-0.2, -0.15) is 0 Å². The van der Waals surface area contributed by atoms with Crippen molar-refractivity contribution in [3.8, 4) is 0 Å². The van der Waals surface area contributed by atoms with Crippen LogP contribution in [0.5, 0.6) is 0 Å². The highest BCUT2D eigenvalue weighted by Gasteiger charge is 2.28. The van der Waals surface area contributed by atoms with Gasteiger partial charge in [-0.1, -0.05) is 12.1 Å². The molecule has 3 heterocycles.